The van der Waals surface area contributed by atoms with Crippen molar-refractivity contribution in [1.29, 1.82) is 0 Å². The van der Waals surface area contributed by atoms with Crippen LogP contribution >= 0.6 is 11.8 Å². The van der Waals surface area contributed by atoms with E-state index >= 15 is 0 Å². The molecule has 1 rings (SSSR count). The van der Waals surface area contributed by atoms with Crippen molar-refractivity contribution >= 4 is 23.8 Å². The van der Waals surface area contributed by atoms with E-state index in [1.807, 2.05) is 30.3 Å². The third-order valence-corrected chi connectivity index (χ3v) is 3.15. The van der Waals surface area contributed by atoms with Gasteiger partial charge in [0.25, 0.3) is 0 Å². The molecule has 1 aromatic carbocycles. The van der Waals surface area contributed by atoms with Gasteiger partial charge in [-0.15, -0.1) is 0 Å². The van der Waals surface area contributed by atoms with E-state index in [1.54, 1.807) is 11.8 Å². The van der Waals surface area contributed by atoms with Crippen molar-refractivity contribution < 1.29 is 9.53 Å². The van der Waals surface area contributed by atoms with E-state index in [4.69, 9.17) is 5.73 Å². The van der Waals surface area contributed by atoms with Gasteiger partial charge in [-0.2, -0.15) is 11.8 Å². The number of carbonyl (C=O) groups is 1. The van der Waals surface area contributed by atoms with E-state index in [-0.39, 0.29) is 5.97 Å². The SMILES string of the molecule is COC(=O)C(N)CSCC=Cc1ccccc1. The normalized spacial score (nSPS) is 12.6. The number of ether oxygens (including phenoxy) is 1. The molecule has 0 aliphatic heterocycles. The van der Waals surface area contributed by atoms with Crippen LogP contribution in [0, 0.1) is 0 Å². The van der Waals surface area contributed by atoms with Crippen LogP contribution in [-0.4, -0.2) is 30.6 Å². The second kappa shape index (κ2) is 7.92. The highest BCUT2D eigenvalue weighted by atomic mass is 32.2. The Labute approximate surface area is 106 Å². The fraction of sp³-hybridized carbons (Fsp3) is 0.308. The van der Waals surface area contributed by atoms with Gasteiger partial charge in [0.15, 0.2) is 0 Å². The van der Waals surface area contributed by atoms with E-state index in [9.17, 15) is 4.79 Å². The van der Waals surface area contributed by atoms with Gasteiger partial charge in [0, 0.05) is 11.5 Å². The first-order chi connectivity index (χ1) is 8.24. The zero-order valence-electron chi connectivity index (χ0n) is 9.84. The fourth-order valence-electron chi connectivity index (χ4n) is 1.23. The van der Waals surface area contributed by atoms with Gasteiger partial charge in [0.05, 0.1) is 7.11 Å². The minimum Gasteiger partial charge on any atom is -0.468 e. The molecule has 0 aliphatic rings. The molecule has 0 heterocycles. The summed E-state index contributed by atoms with van der Waals surface area (Å²) in [5, 5.41) is 0. The maximum Gasteiger partial charge on any atom is 0.323 e. The minimum absolute atomic E-state index is 0.357. The minimum atomic E-state index is -0.532. The summed E-state index contributed by atoms with van der Waals surface area (Å²) >= 11 is 1.61. The molecule has 92 valence electrons. The topological polar surface area (TPSA) is 52.3 Å². The average molecular weight is 251 g/mol. The van der Waals surface area contributed by atoms with Gasteiger partial charge >= 0.3 is 5.97 Å². The van der Waals surface area contributed by atoms with Crippen LogP contribution in [0.5, 0.6) is 0 Å². The summed E-state index contributed by atoms with van der Waals surface area (Å²) in [7, 11) is 1.35. The Morgan fingerprint density at radius 1 is 1.47 bits per heavy atom. The largest absolute Gasteiger partial charge is 0.468 e. The van der Waals surface area contributed by atoms with Crippen LogP contribution in [0.4, 0.5) is 0 Å². The Morgan fingerprint density at radius 3 is 2.82 bits per heavy atom. The second-order valence-electron chi connectivity index (χ2n) is 3.48. The van der Waals surface area contributed by atoms with Crippen molar-refractivity contribution in [2.45, 2.75) is 6.04 Å². The van der Waals surface area contributed by atoms with Crippen molar-refractivity contribution in [2.24, 2.45) is 5.73 Å². The number of benzene rings is 1. The highest BCUT2D eigenvalue weighted by Crippen LogP contribution is 2.06. The zero-order valence-corrected chi connectivity index (χ0v) is 10.7. The molecule has 2 N–H and O–H groups in total. The fourth-order valence-corrected chi connectivity index (χ4v) is 1.99. The molecule has 0 radical (unpaired) electrons. The maximum atomic E-state index is 11.0. The summed E-state index contributed by atoms with van der Waals surface area (Å²) in [4.78, 5) is 11.0. The van der Waals surface area contributed by atoms with Crippen LogP contribution < -0.4 is 5.73 Å². The summed E-state index contributed by atoms with van der Waals surface area (Å²) in [6.45, 7) is 0. The summed E-state index contributed by atoms with van der Waals surface area (Å²) in [5.74, 6) is 1.05. The van der Waals surface area contributed by atoms with Crippen LogP contribution in [0.25, 0.3) is 6.08 Å². The van der Waals surface area contributed by atoms with Gasteiger partial charge < -0.3 is 10.5 Å². The molecular formula is C13H17NO2S. The summed E-state index contributed by atoms with van der Waals surface area (Å²) < 4.78 is 4.54. The van der Waals surface area contributed by atoms with Crippen LogP contribution in [0.1, 0.15) is 5.56 Å². The molecule has 0 saturated heterocycles. The first-order valence-electron chi connectivity index (χ1n) is 5.37. The molecule has 0 aromatic heterocycles. The van der Waals surface area contributed by atoms with Gasteiger partial charge in [0.1, 0.15) is 6.04 Å². The number of esters is 1. The van der Waals surface area contributed by atoms with Crippen LogP contribution in [0.15, 0.2) is 36.4 Å². The predicted octanol–water partition coefficient (Wildman–Crippen LogP) is 1.93. The van der Waals surface area contributed by atoms with Gasteiger partial charge in [-0.25, -0.2) is 0 Å². The third kappa shape index (κ3) is 5.56. The lowest BCUT2D eigenvalue weighted by molar-refractivity contribution is -0.141. The molecule has 0 aliphatic carbocycles. The lowest BCUT2D eigenvalue weighted by atomic mass is 10.2. The molecule has 0 spiro atoms. The van der Waals surface area contributed by atoms with Crippen molar-refractivity contribution in [3.05, 3.63) is 42.0 Å². The quantitative estimate of drug-likeness (QED) is 0.620. The Bertz CT molecular complexity index is 365. The number of thioether (sulfide) groups is 1. The molecule has 0 amide bonds. The smallest absolute Gasteiger partial charge is 0.323 e. The molecule has 0 bridgehead atoms. The molecule has 1 aromatic rings. The first-order valence-corrected chi connectivity index (χ1v) is 6.52. The van der Waals surface area contributed by atoms with E-state index in [0.717, 1.165) is 5.75 Å². The Hall–Kier alpha value is -1.26. The van der Waals surface area contributed by atoms with E-state index < -0.39 is 6.04 Å². The Morgan fingerprint density at radius 2 is 2.18 bits per heavy atom. The summed E-state index contributed by atoms with van der Waals surface area (Å²) in [6.07, 6.45) is 4.11. The molecule has 1 atom stereocenters. The lowest BCUT2D eigenvalue weighted by Gasteiger charge is -2.06. The number of hydrogen-bond donors (Lipinski definition) is 1. The zero-order chi connectivity index (χ0) is 12.5. The number of nitrogens with two attached hydrogens (primary N) is 1. The predicted molar refractivity (Wildman–Crippen MR) is 72.8 cm³/mol. The monoisotopic (exact) mass is 251 g/mol. The number of methoxy groups -OCH3 is 1. The van der Waals surface area contributed by atoms with Crippen LogP contribution in [0.2, 0.25) is 0 Å². The van der Waals surface area contributed by atoms with Crippen molar-refractivity contribution in [1.82, 2.24) is 0 Å². The molecule has 17 heavy (non-hydrogen) atoms. The number of hydrogen-bond acceptors (Lipinski definition) is 4. The van der Waals surface area contributed by atoms with E-state index in [1.165, 1.54) is 12.7 Å². The van der Waals surface area contributed by atoms with Crippen molar-refractivity contribution in [2.75, 3.05) is 18.6 Å². The van der Waals surface area contributed by atoms with E-state index in [2.05, 4.69) is 16.9 Å². The van der Waals surface area contributed by atoms with Crippen molar-refractivity contribution in [3.63, 3.8) is 0 Å². The molecule has 3 nitrogen and oxygen atoms in total. The second-order valence-corrected chi connectivity index (χ2v) is 4.56. The van der Waals surface area contributed by atoms with Gasteiger partial charge in [-0.05, 0) is 5.56 Å². The number of carbonyl (C=O) groups excluding carboxylic acids is 1. The summed E-state index contributed by atoms with van der Waals surface area (Å²) in [5.41, 5.74) is 6.77. The Kier molecular flexibility index (Phi) is 6.43. The standard InChI is InChI=1S/C13H17NO2S/c1-16-13(15)12(14)10-17-9-5-8-11-6-3-2-4-7-11/h2-8,12H,9-10,14H2,1H3. The van der Waals surface area contributed by atoms with Crippen LogP contribution in [-0.2, 0) is 9.53 Å². The lowest BCUT2D eigenvalue weighted by Crippen LogP contribution is -2.33. The highest BCUT2D eigenvalue weighted by molar-refractivity contribution is 7.99. The van der Waals surface area contributed by atoms with Gasteiger partial charge in [0.2, 0.25) is 0 Å². The number of rotatable bonds is 6. The highest BCUT2D eigenvalue weighted by Gasteiger charge is 2.12. The van der Waals surface area contributed by atoms with Gasteiger partial charge in [-0.3, -0.25) is 4.79 Å². The molecule has 4 heteroatoms. The van der Waals surface area contributed by atoms with Crippen LogP contribution in [0.3, 0.4) is 0 Å². The van der Waals surface area contributed by atoms with Gasteiger partial charge in [-0.1, -0.05) is 42.5 Å². The molecule has 0 saturated carbocycles. The van der Waals surface area contributed by atoms with E-state index in [0.29, 0.717) is 5.75 Å². The Balaban J connectivity index is 2.20. The molecule has 0 fully saturated rings. The first kappa shape index (κ1) is 13.8. The maximum absolute atomic E-state index is 11.0. The molecule has 1 unspecified atom stereocenters. The summed E-state index contributed by atoms with van der Waals surface area (Å²) in [6, 6.07) is 9.54. The third-order valence-electron chi connectivity index (χ3n) is 2.13. The molecular weight excluding hydrogens is 234 g/mol. The average Bonchev–Trinajstić information content (AvgIpc) is 2.38. The van der Waals surface area contributed by atoms with Crippen molar-refractivity contribution in [3.8, 4) is 0 Å².